The summed E-state index contributed by atoms with van der Waals surface area (Å²) in [4.78, 5) is 0. The van der Waals surface area contributed by atoms with E-state index in [9.17, 15) is 0 Å². The van der Waals surface area contributed by atoms with Gasteiger partial charge < -0.3 is 10.1 Å². The molecule has 0 aliphatic rings. The molecule has 1 aromatic heterocycles. The highest BCUT2D eigenvalue weighted by Gasteiger charge is 2.11. The summed E-state index contributed by atoms with van der Waals surface area (Å²) < 4.78 is 13.5. The van der Waals surface area contributed by atoms with Gasteiger partial charge in [0.1, 0.15) is 11.0 Å². The first-order valence-electron chi connectivity index (χ1n) is 4.88. The molecule has 1 aromatic carbocycles. The van der Waals surface area contributed by atoms with Crippen LogP contribution in [0.4, 0.5) is 5.69 Å². The van der Waals surface area contributed by atoms with Crippen LogP contribution in [-0.4, -0.2) is 28.5 Å². The summed E-state index contributed by atoms with van der Waals surface area (Å²) in [5.41, 5.74) is 2.51. The van der Waals surface area contributed by atoms with Gasteiger partial charge in [0.2, 0.25) is 0 Å². The number of ether oxygens (including phenoxy) is 1. The van der Waals surface area contributed by atoms with Crippen LogP contribution in [0.3, 0.4) is 0 Å². The number of aromatic nitrogens is 2. The summed E-state index contributed by atoms with van der Waals surface area (Å²) in [5, 5.41) is 3.94. The molecule has 16 heavy (non-hydrogen) atoms. The van der Waals surface area contributed by atoms with Crippen LogP contribution in [0.15, 0.2) is 12.1 Å². The van der Waals surface area contributed by atoms with Crippen LogP contribution < -0.4 is 5.32 Å². The molecule has 0 saturated carbocycles. The van der Waals surface area contributed by atoms with E-state index >= 15 is 0 Å². The van der Waals surface area contributed by atoms with Gasteiger partial charge in [0, 0.05) is 13.2 Å². The Hall–Kier alpha value is -0.910. The highest BCUT2D eigenvalue weighted by Crippen LogP contribution is 2.30. The van der Waals surface area contributed by atoms with E-state index in [1.54, 1.807) is 7.11 Å². The lowest BCUT2D eigenvalue weighted by molar-refractivity contribution is 0.190. The molecule has 0 amide bonds. The van der Waals surface area contributed by atoms with E-state index in [-0.39, 0.29) is 6.04 Å². The highest BCUT2D eigenvalue weighted by molar-refractivity contribution is 7.00. The molecule has 0 aliphatic heterocycles. The lowest BCUT2D eigenvalue weighted by atomic mass is 10.2. The molecule has 1 unspecified atom stereocenters. The fourth-order valence-corrected chi connectivity index (χ4v) is 2.25. The van der Waals surface area contributed by atoms with Crippen molar-refractivity contribution in [3.8, 4) is 0 Å². The number of nitrogens with one attached hydrogen (secondary N) is 1. The molecule has 1 N–H and O–H groups in total. The Bertz CT molecular complexity index is 488. The fraction of sp³-hybridized carbons (Fsp3) is 0.400. The minimum Gasteiger partial charge on any atom is -0.383 e. The number of methoxy groups -OCH3 is 1. The van der Waals surface area contributed by atoms with Gasteiger partial charge in [0.15, 0.2) is 0 Å². The van der Waals surface area contributed by atoms with Crippen LogP contribution in [0, 0.1) is 0 Å². The molecule has 86 valence electrons. The van der Waals surface area contributed by atoms with E-state index in [0.29, 0.717) is 11.6 Å². The Morgan fingerprint density at radius 2 is 2.31 bits per heavy atom. The summed E-state index contributed by atoms with van der Waals surface area (Å²) in [6.07, 6.45) is 0. The van der Waals surface area contributed by atoms with Crippen LogP contribution in [0.5, 0.6) is 0 Å². The number of fused-ring (bicyclic) bond motifs is 1. The van der Waals surface area contributed by atoms with Crippen LogP contribution >= 0.6 is 23.3 Å². The van der Waals surface area contributed by atoms with Crippen LogP contribution in [0.2, 0.25) is 5.02 Å². The summed E-state index contributed by atoms with van der Waals surface area (Å²) in [7, 11) is 1.67. The largest absolute Gasteiger partial charge is 0.383 e. The topological polar surface area (TPSA) is 47.0 Å². The van der Waals surface area contributed by atoms with Crippen molar-refractivity contribution < 1.29 is 4.74 Å². The minimum atomic E-state index is 0.176. The van der Waals surface area contributed by atoms with Gasteiger partial charge >= 0.3 is 0 Å². The maximum Gasteiger partial charge on any atom is 0.129 e. The van der Waals surface area contributed by atoms with E-state index in [4.69, 9.17) is 16.3 Å². The molecule has 0 spiro atoms. The molecule has 2 rings (SSSR count). The van der Waals surface area contributed by atoms with E-state index in [1.807, 2.05) is 19.1 Å². The maximum absolute atomic E-state index is 6.14. The standard InChI is InChI=1S/C10H12ClN3OS/c1-6(5-15-2)12-9-7(11)3-4-8-10(9)14-16-13-8/h3-4,6,12H,5H2,1-2H3. The van der Waals surface area contributed by atoms with Gasteiger partial charge in [-0.3, -0.25) is 0 Å². The van der Waals surface area contributed by atoms with Gasteiger partial charge in [-0.15, -0.1) is 0 Å². The molecule has 6 heteroatoms. The molecule has 0 aliphatic carbocycles. The van der Waals surface area contributed by atoms with Crippen molar-refractivity contribution in [2.75, 3.05) is 19.0 Å². The molecule has 0 saturated heterocycles. The zero-order valence-corrected chi connectivity index (χ0v) is 10.6. The molecular weight excluding hydrogens is 246 g/mol. The van der Waals surface area contributed by atoms with E-state index in [0.717, 1.165) is 16.7 Å². The van der Waals surface area contributed by atoms with Gasteiger partial charge in [0.25, 0.3) is 0 Å². The number of hydrogen-bond acceptors (Lipinski definition) is 5. The molecule has 0 fully saturated rings. The van der Waals surface area contributed by atoms with Gasteiger partial charge in [-0.05, 0) is 19.1 Å². The first-order valence-corrected chi connectivity index (χ1v) is 5.99. The predicted octanol–water partition coefficient (Wildman–Crippen LogP) is 2.79. The van der Waals surface area contributed by atoms with Crippen molar-refractivity contribution in [3.63, 3.8) is 0 Å². The summed E-state index contributed by atoms with van der Waals surface area (Å²) in [5.74, 6) is 0. The predicted molar refractivity (Wildman–Crippen MR) is 67.4 cm³/mol. The fourth-order valence-electron chi connectivity index (χ4n) is 1.50. The van der Waals surface area contributed by atoms with Crippen LogP contribution in [0.1, 0.15) is 6.92 Å². The Morgan fingerprint density at radius 1 is 1.50 bits per heavy atom. The average Bonchev–Trinajstić information content (AvgIpc) is 2.71. The maximum atomic E-state index is 6.14. The average molecular weight is 258 g/mol. The molecule has 2 aromatic rings. The second-order valence-electron chi connectivity index (χ2n) is 3.56. The molecule has 1 heterocycles. The third-order valence-corrected chi connectivity index (χ3v) is 3.04. The molecule has 1 atom stereocenters. The minimum absolute atomic E-state index is 0.176. The lowest BCUT2D eigenvalue weighted by Gasteiger charge is -2.15. The van der Waals surface area contributed by atoms with E-state index < -0.39 is 0 Å². The van der Waals surface area contributed by atoms with Crippen LogP contribution in [-0.2, 0) is 4.74 Å². The highest BCUT2D eigenvalue weighted by atomic mass is 35.5. The SMILES string of the molecule is COCC(C)Nc1c(Cl)ccc2nsnc12. The molecular formula is C10H12ClN3OS. The van der Waals surface area contributed by atoms with Crippen molar-refractivity contribution in [1.29, 1.82) is 0 Å². The molecule has 0 radical (unpaired) electrons. The van der Waals surface area contributed by atoms with Gasteiger partial charge in [-0.2, -0.15) is 8.75 Å². The van der Waals surface area contributed by atoms with Crippen molar-refractivity contribution in [3.05, 3.63) is 17.2 Å². The van der Waals surface area contributed by atoms with E-state index in [2.05, 4.69) is 14.1 Å². The zero-order chi connectivity index (χ0) is 11.5. The smallest absolute Gasteiger partial charge is 0.129 e. The third-order valence-electron chi connectivity index (χ3n) is 2.18. The molecule has 0 bridgehead atoms. The number of hydrogen-bond donors (Lipinski definition) is 1. The summed E-state index contributed by atoms with van der Waals surface area (Å²) >= 11 is 7.32. The third kappa shape index (κ3) is 2.26. The lowest BCUT2D eigenvalue weighted by Crippen LogP contribution is -2.21. The number of halogens is 1. The summed E-state index contributed by atoms with van der Waals surface area (Å²) in [6.45, 7) is 2.64. The van der Waals surface area contributed by atoms with Crippen molar-refractivity contribution >= 4 is 40.0 Å². The Labute approximate surface area is 103 Å². The summed E-state index contributed by atoms with van der Waals surface area (Å²) in [6, 6.07) is 3.87. The monoisotopic (exact) mass is 257 g/mol. The van der Waals surface area contributed by atoms with Crippen molar-refractivity contribution in [2.24, 2.45) is 0 Å². The second kappa shape index (κ2) is 4.95. The molecule has 4 nitrogen and oxygen atoms in total. The van der Waals surface area contributed by atoms with Gasteiger partial charge in [-0.1, -0.05) is 11.6 Å². The van der Waals surface area contributed by atoms with Gasteiger partial charge in [-0.25, -0.2) is 0 Å². The Balaban J connectivity index is 2.34. The number of benzene rings is 1. The second-order valence-corrected chi connectivity index (χ2v) is 4.49. The normalized spacial score (nSPS) is 12.9. The number of nitrogens with zero attached hydrogens (tertiary/aromatic N) is 2. The first kappa shape index (κ1) is 11.6. The van der Waals surface area contributed by atoms with Crippen molar-refractivity contribution in [1.82, 2.24) is 8.75 Å². The quantitative estimate of drug-likeness (QED) is 0.915. The Kier molecular flexibility index (Phi) is 3.58. The van der Waals surface area contributed by atoms with Gasteiger partial charge in [0.05, 0.1) is 29.0 Å². The van der Waals surface area contributed by atoms with Crippen LogP contribution in [0.25, 0.3) is 11.0 Å². The van der Waals surface area contributed by atoms with Crippen molar-refractivity contribution in [2.45, 2.75) is 13.0 Å². The number of anilines is 1. The number of rotatable bonds is 4. The van der Waals surface area contributed by atoms with E-state index in [1.165, 1.54) is 11.7 Å². The zero-order valence-electron chi connectivity index (χ0n) is 9.03. The first-order chi connectivity index (χ1) is 7.72. The Morgan fingerprint density at radius 3 is 3.06 bits per heavy atom.